The number of amides is 1. The highest BCUT2D eigenvalue weighted by Crippen LogP contribution is 2.09. The van der Waals surface area contributed by atoms with Gasteiger partial charge in [0.2, 0.25) is 15.9 Å². The first-order chi connectivity index (χ1) is 11.9. The number of hydrogen-bond acceptors (Lipinski definition) is 4. The van der Waals surface area contributed by atoms with Crippen molar-refractivity contribution in [2.45, 2.75) is 19.3 Å². The van der Waals surface area contributed by atoms with Crippen LogP contribution in [-0.4, -0.2) is 44.5 Å². The molecule has 1 aromatic carbocycles. The van der Waals surface area contributed by atoms with E-state index in [1.165, 1.54) is 27.5 Å². The molecule has 0 aliphatic carbocycles. The second-order valence-electron chi connectivity index (χ2n) is 5.86. The molecule has 0 bridgehead atoms. The van der Waals surface area contributed by atoms with Crippen LogP contribution in [0.4, 0.5) is 0 Å². The Morgan fingerprint density at radius 1 is 1.12 bits per heavy atom. The molecule has 0 atom stereocenters. The van der Waals surface area contributed by atoms with E-state index in [1.54, 1.807) is 0 Å². The number of hydrogen-bond donors (Lipinski definition) is 1. The third-order valence-electron chi connectivity index (χ3n) is 3.78. The van der Waals surface area contributed by atoms with Crippen LogP contribution in [0.15, 0.2) is 47.8 Å². The molecule has 1 heterocycles. The number of sulfonamides is 1. The fraction of sp³-hybridized carbons (Fsp3) is 0.389. The average molecular weight is 381 g/mol. The molecule has 25 heavy (non-hydrogen) atoms. The van der Waals surface area contributed by atoms with E-state index in [9.17, 15) is 13.2 Å². The first kappa shape index (κ1) is 19.6. The van der Waals surface area contributed by atoms with Gasteiger partial charge in [0, 0.05) is 24.5 Å². The summed E-state index contributed by atoms with van der Waals surface area (Å²) in [5, 5.41) is 4.72. The highest BCUT2D eigenvalue weighted by atomic mass is 32.2. The molecule has 0 fully saturated rings. The van der Waals surface area contributed by atoms with Crippen LogP contribution < -0.4 is 5.32 Å². The number of benzene rings is 1. The summed E-state index contributed by atoms with van der Waals surface area (Å²) in [6.45, 7) is 1.07. The molecule has 0 unspecified atom stereocenters. The Kier molecular flexibility index (Phi) is 7.61. The van der Waals surface area contributed by atoms with Crippen molar-refractivity contribution >= 4 is 27.3 Å². The van der Waals surface area contributed by atoms with Gasteiger partial charge in [0.1, 0.15) is 0 Å². The van der Waals surface area contributed by atoms with Gasteiger partial charge in [-0.1, -0.05) is 36.4 Å². The minimum absolute atomic E-state index is 0.0832. The highest BCUT2D eigenvalue weighted by molar-refractivity contribution is 7.88. The lowest BCUT2D eigenvalue weighted by atomic mass is 10.1. The van der Waals surface area contributed by atoms with Gasteiger partial charge in [-0.2, -0.15) is 0 Å². The molecule has 1 aromatic heterocycles. The molecule has 136 valence electrons. The second-order valence-corrected chi connectivity index (χ2v) is 8.87. The van der Waals surface area contributed by atoms with Crippen molar-refractivity contribution in [3.05, 3.63) is 58.3 Å². The number of carbonyl (C=O) groups excluding carboxylic acids is 1. The fourth-order valence-electron chi connectivity index (χ4n) is 2.50. The molecular formula is C18H24N2O3S2. The van der Waals surface area contributed by atoms with Crippen LogP contribution in [0.25, 0.3) is 0 Å². The summed E-state index contributed by atoms with van der Waals surface area (Å²) in [6.07, 6.45) is 3.13. The molecule has 7 heteroatoms. The Morgan fingerprint density at radius 2 is 1.88 bits per heavy atom. The summed E-state index contributed by atoms with van der Waals surface area (Å²) in [7, 11) is -3.28. The Labute approximate surface area is 153 Å². The van der Waals surface area contributed by atoms with E-state index in [0.29, 0.717) is 26.1 Å². The highest BCUT2D eigenvalue weighted by Gasteiger charge is 2.16. The summed E-state index contributed by atoms with van der Waals surface area (Å²) in [4.78, 5) is 12.9. The normalized spacial score (nSPS) is 11.6. The van der Waals surface area contributed by atoms with Crippen LogP contribution in [0.3, 0.4) is 0 Å². The molecule has 5 nitrogen and oxygen atoms in total. The quantitative estimate of drug-likeness (QED) is 0.688. The topological polar surface area (TPSA) is 66.5 Å². The lowest BCUT2D eigenvalue weighted by molar-refractivity contribution is -0.120. The number of aryl methyl sites for hydroxylation is 1. The Hall–Kier alpha value is -1.70. The summed E-state index contributed by atoms with van der Waals surface area (Å²) in [6, 6.07) is 13.8. The maximum Gasteiger partial charge on any atom is 0.225 e. The van der Waals surface area contributed by atoms with Crippen LogP contribution in [0.5, 0.6) is 0 Å². The van der Waals surface area contributed by atoms with Crippen molar-refractivity contribution in [3.63, 3.8) is 0 Å². The standard InChI is InChI=1S/C18H24N2O3S2/c1-25(22,23)20(12-5-9-16-7-3-2-4-8-16)13-11-19-18(21)15-17-10-6-14-24-17/h2-4,6-8,10,14H,5,9,11-13,15H2,1H3,(H,19,21). The van der Waals surface area contributed by atoms with Crippen LogP contribution >= 0.6 is 11.3 Å². The number of nitrogens with zero attached hydrogens (tertiary/aromatic N) is 1. The Balaban J connectivity index is 1.75. The Morgan fingerprint density at radius 3 is 2.52 bits per heavy atom. The number of thiophene rings is 1. The smallest absolute Gasteiger partial charge is 0.225 e. The van der Waals surface area contributed by atoms with E-state index in [2.05, 4.69) is 5.32 Å². The van der Waals surface area contributed by atoms with Crippen LogP contribution in [0, 0.1) is 0 Å². The van der Waals surface area contributed by atoms with Crippen molar-refractivity contribution in [2.24, 2.45) is 0 Å². The molecule has 0 saturated heterocycles. The van der Waals surface area contributed by atoms with Gasteiger partial charge in [-0.25, -0.2) is 12.7 Å². The Bertz CT molecular complexity index is 744. The largest absolute Gasteiger partial charge is 0.354 e. The minimum atomic E-state index is -3.28. The van der Waals surface area contributed by atoms with Crippen LogP contribution in [-0.2, 0) is 27.7 Å². The molecule has 0 aliphatic heterocycles. The predicted molar refractivity (Wildman–Crippen MR) is 102 cm³/mol. The van der Waals surface area contributed by atoms with E-state index >= 15 is 0 Å². The molecule has 1 amide bonds. The number of rotatable bonds is 10. The molecule has 0 radical (unpaired) electrons. The van der Waals surface area contributed by atoms with E-state index in [1.807, 2.05) is 47.8 Å². The fourth-order valence-corrected chi connectivity index (χ4v) is 4.09. The van der Waals surface area contributed by atoms with Crippen molar-refractivity contribution in [2.75, 3.05) is 25.9 Å². The van der Waals surface area contributed by atoms with Gasteiger partial charge in [0.15, 0.2) is 0 Å². The summed E-state index contributed by atoms with van der Waals surface area (Å²) in [5.74, 6) is -0.0832. The number of nitrogens with one attached hydrogen (secondary N) is 1. The molecule has 2 rings (SSSR count). The maximum atomic E-state index is 11.9. The van der Waals surface area contributed by atoms with E-state index in [4.69, 9.17) is 0 Å². The van der Waals surface area contributed by atoms with Gasteiger partial charge in [-0.15, -0.1) is 11.3 Å². The first-order valence-corrected chi connectivity index (χ1v) is 11.0. The monoisotopic (exact) mass is 380 g/mol. The first-order valence-electron chi connectivity index (χ1n) is 8.23. The van der Waals surface area contributed by atoms with Gasteiger partial charge < -0.3 is 5.32 Å². The van der Waals surface area contributed by atoms with E-state index in [0.717, 1.165) is 17.7 Å². The van der Waals surface area contributed by atoms with Crippen molar-refractivity contribution < 1.29 is 13.2 Å². The van der Waals surface area contributed by atoms with Gasteiger partial charge >= 0.3 is 0 Å². The predicted octanol–water partition coefficient (Wildman–Crippen LogP) is 2.30. The van der Waals surface area contributed by atoms with Crippen LogP contribution in [0.2, 0.25) is 0 Å². The lowest BCUT2D eigenvalue weighted by Gasteiger charge is -2.20. The number of carbonyl (C=O) groups is 1. The third kappa shape index (κ3) is 7.37. The SMILES string of the molecule is CS(=O)(=O)N(CCCc1ccccc1)CCNC(=O)Cc1cccs1. The average Bonchev–Trinajstić information content (AvgIpc) is 3.06. The molecule has 0 spiro atoms. The molecule has 1 N–H and O–H groups in total. The van der Waals surface area contributed by atoms with Crippen molar-refractivity contribution in [1.29, 1.82) is 0 Å². The summed E-state index contributed by atoms with van der Waals surface area (Å²) >= 11 is 1.54. The second kappa shape index (κ2) is 9.70. The molecule has 2 aromatic rings. The summed E-state index contributed by atoms with van der Waals surface area (Å²) in [5.41, 5.74) is 1.19. The molecular weight excluding hydrogens is 356 g/mol. The van der Waals surface area contributed by atoms with Gasteiger partial charge in [0.05, 0.1) is 12.7 Å². The maximum absolute atomic E-state index is 11.9. The zero-order valence-corrected chi connectivity index (χ0v) is 16.0. The van der Waals surface area contributed by atoms with Gasteiger partial charge in [0.25, 0.3) is 0 Å². The van der Waals surface area contributed by atoms with Crippen LogP contribution in [0.1, 0.15) is 16.9 Å². The van der Waals surface area contributed by atoms with Crippen molar-refractivity contribution in [3.8, 4) is 0 Å². The van der Waals surface area contributed by atoms with Gasteiger partial charge in [-0.3, -0.25) is 4.79 Å². The third-order valence-corrected chi connectivity index (χ3v) is 5.96. The van der Waals surface area contributed by atoms with E-state index < -0.39 is 10.0 Å². The lowest BCUT2D eigenvalue weighted by Crippen LogP contribution is -2.39. The zero-order chi connectivity index (χ0) is 18.1. The molecule has 0 aliphatic rings. The van der Waals surface area contributed by atoms with Gasteiger partial charge in [-0.05, 0) is 29.9 Å². The van der Waals surface area contributed by atoms with Crippen molar-refractivity contribution in [1.82, 2.24) is 9.62 Å². The zero-order valence-electron chi connectivity index (χ0n) is 14.3. The van der Waals surface area contributed by atoms with E-state index in [-0.39, 0.29) is 5.91 Å². The minimum Gasteiger partial charge on any atom is -0.354 e. The molecule has 0 saturated carbocycles. The summed E-state index contributed by atoms with van der Waals surface area (Å²) < 4.78 is 25.3.